The van der Waals surface area contributed by atoms with Gasteiger partial charge in [0.1, 0.15) is 4.21 Å². The lowest BCUT2D eigenvalue weighted by Crippen LogP contribution is -2.48. The summed E-state index contributed by atoms with van der Waals surface area (Å²) in [5.74, 6) is -0.179. The van der Waals surface area contributed by atoms with E-state index in [0.29, 0.717) is 23.0 Å². The summed E-state index contributed by atoms with van der Waals surface area (Å²) in [5.41, 5.74) is 1.85. The van der Waals surface area contributed by atoms with Gasteiger partial charge in [0, 0.05) is 32.7 Å². The van der Waals surface area contributed by atoms with E-state index in [1.54, 1.807) is 29.2 Å². The molecule has 31 heavy (non-hydrogen) atoms. The Morgan fingerprint density at radius 3 is 2.29 bits per heavy atom. The molecule has 0 bridgehead atoms. The predicted octanol–water partition coefficient (Wildman–Crippen LogP) is 4.16. The van der Waals surface area contributed by atoms with Crippen molar-refractivity contribution < 1.29 is 13.2 Å². The summed E-state index contributed by atoms with van der Waals surface area (Å²) in [7, 11) is -3.82. The van der Waals surface area contributed by atoms with Crippen LogP contribution in [0.3, 0.4) is 0 Å². The number of anilines is 1. The number of thiophene rings is 1. The van der Waals surface area contributed by atoms with E-state index in [0.717, 1.165) is 31.0 Å². The molecule has 0 aliphatic carbocycles. The molecule has 1 aromatic heterocycles. The summed E-state index contributed by atoms with van der Waals surface area (Å²) in [6.45, 7) is 3.56. The number of carbonyl (C=O) groups excluding carboxylic acids is 1. The molecule has 1 aliphatic heterocycles. The lowest BCUT2D eigenvalue weighted by molar-refractivity contribution is 0.0629. The summed E-state index contributed by atoms with van der Waals surface area (Å²) in [5, 5.41) is 0. The van der Waals surface area contributed by atoms with E-state index in [1.165, 1.54) is 17.7 Å². The molecule has 1 fully saturated rings. The maximum absolute atomic E-state index is 13.2. The van der Waals surface area contributed by atoms with Gasteiger partial charge in [-0.3, -0.25) is 14.4 Å². The van der Waals surface area contributed by atoms with E-state index in [2.05, 4.69) is 21.8 Å². The summed E-state index contributed by atoms with van der Waals surface area (Å²) < 4.78 is 28.4. The Balaban J connectivity index is 1.44. The molecule has 0 saturated carbocycles. The van der Waals surface area contributed by atoms with Crippen LogP contribution in [0, 0.1) is 0 Å². The van der Waals surface area contributed by atoms with Gasteiger partial charge in [-0.15, -0.1) is 11.3 Å². The number of halogens is 1. The number of nitrogens with zero attached hydrogens (tertiary/aromatic N) is 2. The molecule has 2 aromatic carbocycles. The van der Waals surface area contributed by atoms with Crippen molar-refractivity contribution in [1.29, 1.82) is 0 Å². The third-order valence-electron chi connectivity index (χ3n) is 5.12. The van der Waals surface area contributed by atoms with Crippen molar-refractivity contribution >= 4 is 44.6 Å². The van der Waals surface area contributed by atoms with Crippen LogP contribution in [0.15, 0.2) is 70.9 Å². The molecule has 9 heteroatoms. The van der Waals surface area contributed by atoms with Crippen LogP contribution in [0.4, 0.5) is 5.69 Å². The molecule has 6 nitrogen and oxygen atoms in total. The minimum Gasteiger partial charge on any atom is -0.336 e. The highest BCUT2D eigenvalue weighted by atomic mass is 35.5. The van der Waals surface area contributed by atoms with Crippen molar-refractivity contribution in [2.24, 2.45) is 0 Å². The Kier molecular flexibility index (Phi) is 6.62. The maximum atomic E-state index is 13.2. The molecule has 0 unspecified atom stereocenters. The molecule has 0 radical (unpaired) electrons. The van der Waals surface area contributed by atoms with Crippen molar-refractivity contribution in [3.8, 4) is 0 Å². The van der Waals surface area contributed by atoms with Gasteiger partial charge in [0.25, 0.3) is 15.9 Å². The number of amides is 1. The molecule has 4 rings (SSSR count). The summed E-state index contributed by atoms with van der Waals surface area (Å²) in [6.07, 6.45) is 0. The van der Waals surface area contributed by atoms with E-state index in [1.807, 2.05) is 18.2 Å². The van der Waals surface area contributed by atoms with E-state index in [9.17, 15) is 13.2 Å². The number of para-hydroxylation sites is 1. The molecule has 1 aliphatic rings. The molecule has 2 heterocycles. The second-order valence-electron chi connectivity index (χ2n) is 7.26. The summed E-state index contributed by atoms with van der Waals surface area (Å²) in [4.78, 5) is 17.3. The Bertz CT molecular complexity index is 1160. The number of hydrogen-bond acceptors (Lipinski definition) is 5. The lowest BCUT2D eigenvalue weighted by atomic mass is 10.1. The number of sulfonamides is 1. The average Bonchev–Trinajstić information content (AvgIpc) is 3.22. The highest BCUT2D eigenvalue weighted by molar-refractivity contribution is 7.94. The second kappa shape index (κ2) is 9.40. The number of hydrogen-bond donors (Lipinski definition) is 1. The topological polar surface area (TPSA) is 69.7 Å². The average molecular weight is 476 g/mol. The predicted molar refractivity (Wildman–Crippen MR) is 124 cm³/mol. The molecule has 1 N–H and O–H groups in total. The molecule has 0 spiro atoms. The second-order valence-corrected chi connectivity index (χ2v) is 10.9. The maximum Gasteiger partial charge on any atom is 0.271 e. The Morgan fingerprint density at radius 1 is 0.935 bits per heavy atom. The molecule has 1 amide bonds. The number of carbonyl (C=O) groups is 1. The number of benzene rings is 2. The quantitative estimate of drug-likeness (QED) is 0.581. The monoisotopic (exact) mass is 475 g/mol. The van der Waals surface area contributed by atoms with E-state index in [-0.39, 0.29) is 15.8 Å². The smallest absolute Gasteiger partial charge is 0.271 e. The van der Waals surface area contributed by atoms with E-state index >= 15 is 0 Å². The van der Waals surface area contributed by atoms with Crippen LogP contribution in [-0.2, 0) is 16.6 Å². The normalized spacial score (nSPS) is 15.1. The zero-order chi connectivity index (χ0) is 21.8. The van der Waals surface area contributed by atoms with Crippen molar-refractivity contribution in [3.63, 3.8) is 0 Å². The molecule has 1 saturated heterocycles. The van der Waals surface area contributed by atoms with Gasteiger partial charge >= 0.3 is 0 Å². The van der Waals surface area contributed by atoms with Gasteiger partial charge in [0.05, 0.1) is 15.6 Å². The molecular formula is C22H22ClN3O3S2. The van der Waals surface area contributed by atoms with Gasteiger partial charge in [0.15, 0.2) is 0 Å². The first kappa shape index (κ1) is 21.8. The van der Waals surface area contributed by atoms with Crippen LogP contribution < -0.4 is 4.72 Å². The Labute approximate surface area is 191 Å². The number of nitrogens with one attached hydrogen (secondary N) is 1. The minimum absolute atomic E-state index is 0.106. The lowest BCUT2D eigenvalue weighted by Gasteiger charge is -2.35. The molecule has 0 atom stereocenters. The first-order chi connectivity index (χ1) is 14.9. The van der Waals surface area contributed by atoms with Crippen LogP contribution in [-0.4, -0.2) is 50.3 Å². The summed E-state index contributed by atoms with van der Waals surface area (Å²) in [6, 6.07) is 19.9. The zero-order valence-electron chi connectivity index (χ0n) is 16.7. The Hall–Kier alpha value is -2.39. The van der Waals surface area contributed by atoms with Gasteiger partial charge < -0.3 is 4.90 Å². The SMILES string of the molecule is O=C(c1ccccc1NS(=O)(=O)c1ccc(Cl)s1)N1CCN(Cc2ccccc2)CC1. The molecule has 162 valence electrons. The van der Waals surface area contributed by atoms with Crippen LogP contribution >= 0.6 is 22.9 Å². The number of piperazine rings is 1. The van der Waals surface area contributed by atoms with Crippen molar-refractivity contribution in [2.75, 3.05) is 30.9 Å². The highest BCUT2D eigenvalue weighted by Gasteiger charge is 2.26. The summed E-state index contributed by atoms with van der Waals surface area (Å²) >= 11 is 6.85. The third kappa shape index (κ3) is 5.27. The van der Waals surface area contributed by atoms with Gasteiger partial charge in [0.2, 0.25) is 0 Å². The Morgan fingerprint density at radius 2 is 1.61 bits per heavy atom. The fourth-order valence-electron chi connectivity index (χ4n) is 3.52. The van der Waals surface area contributed by atoms with Crippen molar-refractivity contribution in [3.05, 3.63) is 82.2 Å². The van der Waals surface area contributed by atoms with Gasteiger partial charge in [-0.05, 0) is 29.8 Å². The number of rotatable bonds is 6. The van der Waals surface area contributed by atoms with Crippen molar-refractivity contribution in [1.82, 2.24) is 9.80 Å². The van der Waals surface area contributed by atoms with Crippen molar-refractivity contribution in [2.45, 2.75) is 10.8 Å². The fraction of sp³-hybridized carbons (Fsp3) is 0.227. The molecular weight excluding hydrogens is 454 g/mol. The largest absolute Gasteiger partial charge is 0.336 e. The van der Waals surface area contributed by atoms with Crippen LogP contribution in [0.25, 0.3) is 0 Å². The minimum atomic E-state index is -3.82. The van der Waals surface area contributed by atoms with Gasteiger partial charge in [-0.25, -0.2) is 8.42 Å². The first-order valence-corrected chi connectivity index (χ1v) is 12.5. The van der Waals surface area contributed by atoms with Gasteiger partial charge in [-0.1, -0.05) is 54.1 Å². The van der Waals surface area contributed by atoms with Gasteiger partial charge in [-0.2, -0.15) is 0 Å². The standard InChI is InChI=1S/C22H22ClN3O3S2/c23-20-10-11-21(30-20)31(28,29)24-19-9-5-4-8-18(19)22(27)26-14-12-25(13-15-26)16-17-6-2-1-3-7-17/h1-11,24H,12-16H2. The highest BCUT2D eigenvalue weighted by Crippen LogP contribution is 2.28. The van der Waals surface area contributed by atoms with Crippen LogP contribution in [0.5, 0.6) is 0 Å². The fourth-order valence-corrected chi connectivity index (χ4v) is 6.08. The first-order valence-electron chi connectivity index (χ1n) is 9.85. The van der Waals surface area contributed by atoms with Crippen LogP contribution in [0.2, 0.25) is 4.34 Å². The van der Waals surface area contributed by atoms with E-state index < -0.39 is 10.0 Å². The van der Waals surface area contributed by atoms with E-state index in [4.69, 9.17) is 11.6 Å². The van der Waals surface area contributed by atoms with Crippen LogP contribution in [0.1, 0.15) is 15.9 Å². The zero-order valence-corrected chi connectivity index (χ0v) is 19.1. The molecule has 3 aromatic rings. The third-order valence-corrected chi connectivity index (χ3v) is 8.21.